The molecule has 3 aromatic rings. The van der Waals surface area contributed by atoms with Crippen molar-refractivity contribution >= 4 is 28.1 Å². The van der Waals surface area contributed by atoms with Crippen LogP contribution in [0.5, 0.6) is 0 Å². The number of thiazole rings is 1. The molecule has 0 saturated heterocycles. The van der Waals surface area contributed by atoms with Gasteiger partial charge in [0.15, 0.2) is 5.13 Å². The summed E-state index contributed by atoms with van der Waals surface area (Å²) in [4.78, 5) is 17.3. The highest BCUT2D eigenvalue weighted by molar-refractivity contribution is 7.15. The van der Waals surface area contributed by atoms with E-state index >= 15 is 0 Å². The van der Waals surface area contributed by atoms with Gasteiger partial charge in [-0.15, -0.1) is 11.3 Å². The van der Waals surface area contributed by atoms with Crippen LogP contribution in [-0.2, 0) is 11.2 Å². The third kappa shape index (κ3) is 5.12. The lowest BCUT2D eigenvalue weighted by atomic mass is 10.1. The summed E-state index contributed by atoms with van der Waals surface area (Å²) in [6.45, 7) is 2.18. The number of rotatable bonds is 6. The number of nitrogens with one attached hydrogen (secondary N) is 2. The van der Waals surface area contributed by atoms with Gasteiger partial charge >= 0.3 is 0 Å². The molecule has 0 aliphatic carbocycles. The summed E-state index contributed by atoms with van der Waals surface area (Å²) in [6.07, 6.45) is 2.40. The van der Waals surface area contributed by atoms with Gasteiger partial charge in [0.25, 0.3) is 0 Å². The first-order valence-corrected chi connectivity index (χ1v) is 8.70. The van der Waals surface area contributed by atoms with E-state index in [1.54, 1.807) is 18.3 Å². The largest absolute Gasteiger partial charge is 0.376 e. The molecule has 2 N–H and O–H groups in total. The van der Waals surface area contributed by atoms with E-state index in [1.807, 2.05) is 31.2 Å². The van der Waals surface area contributed by atoms with E-state index in [4.69, 9.17) is 0 Å². The Morgan fingerprint density at radius 2 is 2.00 bits per heavy atom. The Balaban J connectivity index is 1.52. The standard InChI is InChI=1S/C19H18FN3OS/c1-13-3-2-4-16(9-13)21-12-18(24)23-19-22-11-17(25-19)10-14-5-7-15(20)8-6-14/h2-9,11,21H,10,12H2,1H3,(H,22,23,24). The number of halogens is 1. The van der Waals surface area contributed by atoms with E-state index in [-0.39, 0.29) is 18.3 Å². The zero-order valence-electron chi connectivity index (χ0n) is 13.8. The molecule has 2 aromatic carbocycles. The van der Waals surface area contributed by atoms with Gasteiger partial charge in [0, 0.05) is 23.2 Å². The smallest absolute Gasteiger partial charge is 0.245 e. The van der Waals surface area contributed by atoms with E-state index in [1.165, 1.54) is 23.5 Å². The Morgan fingerprint density at radius 3 is 2.76 bits per heavy atom. The average Bonchev–Trinajstić information content (AvgIpc) is 3.02. The van der Waals surface area contributed by atoms with E-state index in [9.17, 15) is 9.18 Å². The van der Waals surface area contributed by atoms with Gasteiger partial charge in [-0.05, 0) is 42.3 Å². The Labute approximate surface area is 149 Å². The van der Waals surface area contributed by atoms with Gasteiger partial charge in [-0.3, -0.25) is 4.79 Å². The third-order valence-electron chi connectivity index (χ3n) is 3.56. The lowest BCUT2D eigenvalue weighted by Gasteiger charge is -2.06. The summed E-state index contributed by atoms with van der Waals surface area (Å²) < 4.78 is 12.9. The first-order valence-electron chi connectivity index (χ1n) is 7.88. The second-order valence-electron chi connectivity index (χ2n) is 5.71. The van der Waals surface area contributed by atoms with Crippen LogP contribution in [0.25, 0.3) is 0 Å². The summed E-state index contributed by atoms with van der Waals surface area (Å²) in [5.74, 6) is -0.397. The van der Waals surface area contributed by atoms with Crippen molar-refractivity contribution in [3.63, 3.8) is 0 Å². The molecule has 1 heterocycles. The molecule has 0 unspecified atom stereocenters. The van der Waals surface area contributed by atoms with Crippen LogP contribution >= 0.6 is 11.3 Å². The van der Waals surface area contributed by atoms with Crippen LogP contribution in [0, 0.1) is 12.7 Å². The summed E-state index contributed by atoms with van der Waals surface area (Å²) >= 11 is 1.42. The van der Waals surface area contributed by atoms with Crippen molar-refractivity contribution in [1.29, 1.82) is 0 Å². The van der Waals surface area contributed by atoms with Crippen molar-refractivity contribution in [3.8, 4) is 0 Å². The van der Waals surface area contributed by atoms with Crippen molar-refractivity contribution in [2.24, 2.45) is 0 Å². The molecular weight excluding hydrogens is 337 g/mol. The fraction of sp³-hybridized carbons (Fsp3) is 0.158. The molecule has 128 valence electrons. The number of hydrogen-bond acceptors (Lipinski definition) is 4. The van der Waals surface area contributed by atoms with E-state index in [2.05, 4.69) is 15.6 Å². The normalized spacial score (nSPS) is 10.5. The molecule has 0 aliphatic heterocycles. The average molecular weight is 355 g/mol. The summed E-state index contributed by atoms with van der Waals surface area (Å²) in [6, 6.07) is 14.2. The Hall–Kier alpha value is -2.73. The summed E-state index contributed by atoms with van der Waals surface area (Å²) in [7, 11) is 0. The molecule has 25 heavy (non-hydrogen) atoms. The van der Waals surface area contributed by atoms with Gasteiger partial charge in [0.2, 0.25) is 5.91 Å². The molecule has 6 heteroatoms. The number of benzene rings is 2. The van der Waals surface area contributed by atoms with Crippen molar-refractivity contribution in [2.75, 3.05) is 17.2 Å². The Bertz CT molecular complexity index is 861. The van der Waals surface area contributed by atoms with Gasteiger partial charge in [0.1, 0.15) is 5.82 Å². The molecule has 0 bridgehead atoms. The first kappa shape index (κ1) is 17.1. The molecule has 0 aliphatic rings. The third-order valence-corrected chi connectivity index (χ3v) is 4.48. The lowest BCUT2D eigenvalue weighted by Crippen LogP contribution is -2.21. The molecule has 0 fully saturated rings. The number of aryl methyl sites for hydroxylation is 1. The van der Waals surface area contributed by atoms with Crippen molar-refractivity contribution in [1.82, 2.24) is 4.98 Å². The monoisotopic (exact) mass is 355 g/mol. The maximum atomic E-state index is 12.9. The second-order valence-corrected chi connectivity index (χ2v) is 6.82. The fourth-order valence-corrected chi connectivity index (χ4v) is 3.21. The topological polar surface area (TPSA) is 54.0 Å². The van der Waals surface area contributed by atoms with E-state index < -0.39 is 0 Å². The van der Waals surface area contributed by atoms with Crippen molar-refractivity contribution < 1.29 is 9.18 Å². The zero-order valence-corrected chi connectivity index (χ0v) is 14.6. The Kier molecular flexibility index (Phi) is 5.40. The molecule has 1 amide bonds. The number of aromatic nitrogens is 1. The van der Waals surface area contributed by atoms with Crippen LogP contribution in [0.15, 0.2) is 54.7 Å². The Morgan fingerprint density at radius 1 is 1.20 bits per heavy atom. The number of hydrogen-bond donors (Lipinski definition) is 2. The predicted molar refractivity (Wildman–Crippen MR) is 99.6 cm³/mol. The maximum Gasteiger partial charge on any atom is 0.245 e. The molecule has 0 radical (unpaired) electrons. The van der Waals surface area contributed by atoms with Gasteiger partial charge in [0.05, 0.1) is 6.54 Å². The summed E-state index contributed by atoms with van der Waals surface area (Å²) in [5, 5.41) is 6.44. The molecule has 0 saturated carbocycles. The number of amides is 1. The predicted octanol–water partition coefficient (Wildman–Crippen LogP) is 4.23. The maximum absolute atomic E-state index is 12.9. The van der Waals surface area contributed by atoms with Crippen LogP contribution in [-0.4, -0.2) is 17.4 Å². The number of nitrogens with zero attached hydrogens (tertiary/aromatic N) is 1. The van der Waals surface area contributed by atoms with Crippen molar-refractivity contribution in [2.45, 2.75) is 13.3 Å². The zero-order chi connectivity index (χ0) is 17.6. The van der Waals surface area contributed by atoms with E-state index in [0.29, 0.717) is 11.6 Å². The van der Waals surface area contributed by atoms with Crippen molar-refractivity contribution in [3.05, 3.63) is 76.5 Å². The number of carbonyl (C=O) groups excluding carboxylic acids is 1. The van der Waals surface area contributed by atoms with Crippen LogP contribution in [0.4, 0.5) is 15.2 Å². The minimum atomic E-state index is -0.248. The molecule has 0 atom stereocenters. The van der Waals surface area contributed by atoms with Crippen LogP contribution in [0.3, 0.4) is 0 Å². The van der Waals surface area contributed by atoms with Gasteiger partial charge < -0.3 is 10.6 Å². The van der Waals surface area contributed by atoms with Crippen LogP contribution in [0.1, 0.15) is 16.0 Å². The number of carbonyl (C=O) groups is 1. The van der Waals surface area contributed by atoms with Gasteiger partial charge in [-0.2, -0.15) is 0 Å². The molecule has 0 spiro atoms. The number of anilines is 2. The quantitative estimate of drug-likeness (QED) is 0.696. The highest BCUT2D eigenvalue weighted by Crippen LogP contribution is 2.21. The second kappa shape index (κ2) is 7.90. The fourth-order valence-electron chi connectivity index (χ4n) is 2.35. The highest BCUT2D eigenvalue weighted by Gasteiger charge is 2.07. The van der Waals surface area contributed by atoms with E-state index in [0.717, 1.165) is 21.7 Å². The first-order chi connectivity index (χ1) is 12.1. The van der Waals surface area contributed by atoms with Crippen LogP contribution in [0.2, 0.25) is 0 Å². The van der Waals surface area contributed by atoms with Gasteiger partial charge in [-0.1, -0.05) is 24.3 Å². The molecular formula is C19H18FN3OS. The van der Waals surface area contributed by atoms with Gasteiger partial charge in [-0.25, -0.2) is 9.37 Å². The molecule has 4 nitrogen and oxygen atoms in total. The SMILES string of the molecule is Cc1cccc(NCC(=O)Nc2ncc(Cc3ccc(F)cc3)s2)c1. The minimum absolute atomic E-state index is 0.149. The molecule has 3 rings (SSSR count). The molecule has 1 aromatic heterocycles. The lowest BCUT2D eigenvalue weighted by molar-refractivity contribution is -0.114. The highest BCUT2D eigenvalue weighted by atomic mass is 32.1. The minimum Gasteiger partial charge on any atom is -0.376 e. The summed E-state index contributed by atoms with van der Waals surface area (Å²) in [5.41, 5.74) is 3.05. The van der Waals surface area contributed by atoms with Crippen LogP contribution < -0.4 is 10.6 Å².